The van der Waals surface area contributed by atoms with E-state index in [1.807, 2.05) is 18.2 Å². The van der Waals surface area contributed by atoms with Crippen LogP contribution in [0.25, 0.3) is 10.9 Å². The van der Waals surface area contributed by atoms with E-state index in [1.165, 1.54) is 19.1 Å². The van der Waals surface area contributed by atoms with Gasteiger partial charge in [-0.1, -0.05) is 18.2 Å². The molecule has 0 unspecified atom stereocenters. The monoisotopic (exact) mass is 368 g/mol. The third kappa shape index (κ3) is 4.20. The molecule has 0 fully saturated rings. The van der Waals surface area contributed by atoms with Crippen molar-refractivity contribution < 1.29 is 23.5 Å². The predicted octanol–water partition coefficient (Wildman–Crippen LogP) is 2.85. The van der Waals surface area contributed by atoms with Crippen molar-refractivity contribution in [1.82, 2.24) is 10.3 Å². The van der Waals surface area contributed by atoms with E-state index >= 15 is 0 Å². The van der Waals surface area contributed by atoms with Crippen molar-refractivity contribution in [3.8, 4) is 0 Å². The number of aromatic amines is 1. The van der Waals surface area contributed by atoms with Gasteiger partial charge in [0.2, 0.25) is 5.78 Å². The number of ketones is 1. The molecule has 1 atom stereocenters. The highest BCUT2D eigenvalue weighted by atomic mass is 19.1. The summed E-state index contributed by atoms with van der Waals surface area (Å²) in [6, 6.07) is 12.2. The predicted molar refractivity (Wildman–Crippen MR) is 96.9 cm³/mol. The van der Waals surface area contributed by atoms with Gasteiger partial charge in [-0.25, -0.2) is 4.39 Å². The van der Waals surface area contributed by atoms with Crippen LogP contribution in [0.3, 0.4) is 0 Å². The number of hydrogen-bond donors (Lipinski definition) is 2. The molecule has 27 heavy (non-hydrogen) atoms. The first kappa shape index (κ1) is 18.3. The molecule has 0 bridgehead atoms. The van der Waals surface area contributed by atoms with Gasteiger partial charge in [-0.3, -0.25) is 14.4 Å². The van der Waals surface area contributed by atoms with E-state index in [0.29, 0.717) is 5.56 Å². The minimum atomic E-state index is -1.00. The number of rotatable bonds is 6. The zero-order valence-electron chi connectivity index (χ0n) is 14.5. The Bertz CT molecular complexity index is 995. The number of aromatic nitrogens is 1. The molecule has 0 aliphatic rings. The number of amides is 1. The maximum Gasteiger partial charge on any atom is 0.326 e. The minimum absolute atomic E-state index is 0.215. The summed E-state index contributed by atoms with van der Waals surface area (Å²) >= 11 is 0. The van der Waals surface area contributed by atoms with Crippen LogP contribution >= 0.6 is 0 Å². The fraction of sp³-hybridized carbons (Fsp3) is 0.150. The highest BCUT2D eigenvalue weighted by Crippen LogP contribution is 2.19. The van der Waals surface area contributed by atoms with Crippen molar-refractivity contribution in [2.75, 3.05) is 6.54 Å². The number of ether oxygens (including phenoxy) is 1. The lowest BCUT2D eigenvalue weighted by molar-refractivity contribution is -0.145. The van der Waals surface area contributed by atoms with E-state index in [9.17, 15) is 18.8 Å². The van der Waals surface area contributed by atoms with Crippen LogP contribution in [0.5, 0.6) is 0 Å². The number of nitrogens with one attached hydrogen (secondary N) is 2. The van der Waals surface area contributed by atoms with Crippen LogP contribution in [0.4, 0.5) is 4.39 Å². The van der Waals surface area contributed by atoms with Crippen LogP contribution in [-0.2, 0) is 9.53 Å². The van der Waals surface area contributed by atoms with E-state index in [2.05, 4.69) is 10.3 Å². The second-order valence-electron chi connectivity index (χ2n) is 5.93. The first-order chi connectivity index (χ1) is 13.0. The molecule has 138 valence electrons. The molecule has 1 aromatic heterocycles. The fourth-order valence-corrected chi connectivity index (χ4v) is 2.64. The number of halogens is 1. The van der Waals surface area contributed by atoms with Crippen LogP contribution in [0.2, 0.25) is 0 Å². The molecular formula is C20H17FN2O4. The van der Waals surface area contributed by atoms with Crippen molar-refractivity contribution >= 4 is 28.6 Å². The number of esters is 1. The molecule has 0 saturated heterocycles. The summed E-state index contributed by atoms with van der Waals surface area (Å²) in [7, 11) is 0. The number of carbonyl (C=O) groups is 3. The van der Waals surface area contributed by atoms with Crippen LogP contribution in [-0.4, -0.2) is 35.3 Å². The average Bonchev–Trinajstić information content (AvgIpc) is 3.10. The van der Waals surface area contributed by atoms with E-state index in [-0.39, 0.29) is 11.3 Å². The molecule has 0 spiro atoms. The molecule has 1 amide bonds. The molecule has 1 heterocycles. The van der Waals surface area contributed by atoms with Gasteiger partial charge in [-0.2, -0.15) is 0 Å². The van der Waals surface area contributed by atoms with Crippen LogP contribution in [0.1, 0.15) is 27.6 Å². The van der Waals surface area contributed by atoms with Crippen molar-refractivity contribution in [1.29, 1.82) is 0 Å². The molecule has 3 rings (SSSR count). The van der Waals surface area contributed by atoms with Gasteiger partial charge in [0.15, 0.2) is 6.10 Å². The standard InChI is InChI=1S/C20H17FN2O4/c1-12(19(25)16-10-22-17-5-3-2-4-15(16)17)27-18(24)11-23-20(26)13-6-8-14(21)9-7-13/h2-10,12,22H,11H2,1H3,(H,23,26)/t12-/m0/s1. The number of hydrogen-bond acceptors (Lipinski definition) is 4. The Labute approximate surface area is 154 Å². The largest absolute Gasteiger partial charge is 0.453 e. The molecule has 2 N–H and O–H groups in total. The molecule has 0 saturated carbocycles. The highest BCUT2D eigenvalue weighted by molar-refractivity contribution is 6.10. The molecular weight excluding hydrogens is 351 g/mol. The summed E-state index contributed by atoms with van der Waals surface area (Å²) < 4.78 is 18.0. The van der Waals surface area contributed by atoms with Crippen molar-refractivity contribution in [3.63, 3.8) is 0 Å². The van der Waals surface area contributed by atoms with Crippen LogP contribution < -0.4 is 5.32 Å². The van der Waals surface area contributed by atoms with Gasteiger partial charge in [-0.05, 0) is 37.3 Å². The SMILES string of the molecule is C[C@H](OC(=O)CNC(=O)c1ccc(F)cc1)C(=O)c1c[nH]c2ccccc12. The average molecular weight is 368 g/mol. The maximum absolute atomic E-state index is 12.9. The van der Waals surface area contributed by atoms with Gasteiger partial charge in [0.25, 0.3) is 5.91 Å². The lowest BCUT2D eigenvalue weighted by atomic mass is 10.1. The summed E-state index contributed by atoms with van der Waals surface area (Å²) in [6.45, 7) is 1.07. The summed E-state index contributed by atoms with van der Waals surface area (Å²) in [6.07, 6.45) is 0.577. The molecule has 0 aliphatic carbocycles. The van der Waals surface area contributed by atoms with Gasteiger partial charge in [0, 0.05) is 28.2 Å². The Kier molecular flexibility index (Phi) is 5.30. The summed E-state index contributed by atoms with van der Waals surface area (Å²) in [5, 5.41) is 3.12. The zero-order valence-corrected chi connectivity index (χ0v) is 14.5. The number of benzene rings is 2. The van der Waals surface area contributed by atoms with Gasteiger partial charge in [0.05, 0.1) is 0 Å². The number of Topliss-reactive ketones (excluding diaryl/α,β-unsaturated/α-hetero) is 1. The smallest absolute Gasteiger partial charge is 0.326 e. The molecule has 3 aromatic rings. The Balaban J connectivity index is 1.56. The lowest BCUT2D eigenvalue weighted by Gasteiger charge is -2.12. The minimum Gasteiger partial charge on any atom is -0.453 e. The summed E-state index contributed by atoms with van der Waals surface area (Å²) in [5.41, 5.74) is 1.46. The number of H-pyrrole nitrogens is 1. The normalized spacial score (nSPS) is 11.8. The summed E-state index contributed by atoms with van der Waals surface area (Å²) in [4.78, 5) is 39.3. The first-order valence-corrected chi connectivity index (χ1v) is 8.29. The van der Waals surface area contributed by atoms with Crippen LogP contribution in [0.15, 0.2) is 54.7 Å². The third-order valence-electron chi connectivity index (χ3n) is 4.03. The Hall–Kier alpha value is -3.48. The Morgan fingerprint density at radius 1 is 1.11 bits per heavy atom. The van der Waals surface area contributed by atoms with Crippen LogP contribution in [0, 0.1) is 5.82 Å². The topological polar surface area (TPSA) is 88.3 Å². The zero-order chi connectivity index (χ0) is 19.4. The van der Waals surface area contributed by atoms with Crippen molar-refractivity contribution in [2.45, 2.75) is 13.0 Å². The van der Waals surface area contributed by atoms with E-state index in [4.69, 9.17) is 4.74 Å². The maximum atomic E-state index is 12.9. The molecule has 2 aromatic carbocycles. The lowest BCUT2D eigenvalue weighted by Crippen LogP contribution is -2.34. The molecule has 0 radical (unpaired) electrons. The second-order valence-corrected chi connectivity index (χ2v) is 5.93. The van der Waals surface area contributed by atoms with Gasteiger partial charge >= 0.3 is 5.97 Å². The Morgan fingerprint density at radius 2 is 1.81 bits per heavy atom. The van der Waals surface area contributed by atoms with E-state index in [1.54, 1.807) is 12.3 Å². The molecule has 0 aliphatic heterocycles. The molecule has 7 heteroatoms. The molecule has 6 nitrogen and oxygen atoms in total. The second kappa shape index (κ2) is 7.82. The van der Waals surface area contributed by atoms with Crippen molar-refractivity contribution in [2.24, 2.45) is 0 Å². The van der Waals surface area contributed by atoms with Gasteiger partial charge in [-0.15, -0.1) is 0 Å². The van der Waals surface area contributed by atoms with E-state index < -0.39 is 30.3 Å². The van der Waals surface area contributed by atoms with E-state index in [0.717, 1.165) is 23.0 Å². The number of para-hydroxylation sites is 1. The first-order valence-electron chi connectivity index (χ1n) is 8.29. The Morgan fingerprint density at radius 3 is 2.56 bits per heavy atom. The van der Waals surface area contributed by atoms with Gasteiger partial charge < -0.3 is 15.0 Å². The van der Waals surface area contributed by atoms with Crippen molar-refractivity contribution in [3.05, 3.63) is 71.7 Å². The fourth-order valence-electron chi connectivity index (χ4n) is 2.64. The summed E-state index contributed by atoms with van der Waals surface area (Å²) in [5.74, 6) is -2.09. The number of fused-ring (bicyclic) bond motifs is 1. The quantitative estimate of drug-likeness (QED) is 0.517. The third-order valence-corrected chi connectivity index (χ3v) is 4.03. The highest BCUT2D eigenvalue weighted by Gasteiger charge is 2.22. The number of carbonyl (C=O) groups excluding carboxylic acids is 3. The van der Waals surface area contributed by atoms with Gasteiger partial charge in [0.1, 0.15) is 12.4 Å².